The number of aromatic nitrogens is 4. The van der Waals surface area contributed by atoms with E-state index in [1.54, 1.807) is 6.20 Å². The Morgan fingerprint density at radius 2 is 1.92 bits per heavy atom. The van der Waals surface area contributed by atoms with Gasteiger partial charge in [-0.3, -0.25) is 9.48 Å². The van der Waals surface area contributed by atoms with Crippen LogP contribution in [0.5, 0.6) is 0 Å². The molecule has 0 aliphatic heterocycles. The molecule has 4 rings (SSSR count). The summed E-state index contributed by atoms with van der Waals surface area (Å²) >= 11 is 0. The van der Waals surface area contributed by atoms with E-state index in [9.17, 15) is 4.79 Å². The number of anilines is 4. The number of benzene rings is 2. The standard InChI is InChI=1S/C28H36N8O.H2/c1-7-20(37)15-19-17-30-28(32-26(19)27-21-10-8-9-11-24(21)36(6)33-27)31-23-16-22(29)25(14-18(23)2)35(5)13-12-34(3)4;/h8-11,14,16-17H,7,12-13,15,29H2,1-6H3,(H,30,31,32);1H/i;1+2T. The lowest BCUT2D eigenvalue weighted by Crippen LogP contribution is -2.29. The van der Waals surface area contributed by atoms with E-state index in [1.165, 1.54) is 0 Å². The summed E-state index contributed by atoms with van der Waals surface area (Å²) in [5.74, 6) is 0.553. The molecule has 0 aliphatic rings. The zero-order valence-electron chi connectivity index (χ0n) is 24.5. The molecule has 9 nitrogen and oxygen atoms in total. The Morgan fingerprint density at radius 3 is 2.65 bits per heavy atom. The van der Waals surface area contributed by atoms with Crippen LogP contribution in [0.3, 0.4) is 0 Å². The van der Waals surface area contributed by atoms with Gasteiger partial charge in [0.1, 0.15) is 17.2 Å². The maximum absolute atomic E-state index is 12.3. The van der Waals surface area contributed by atoms with Gasteiger partial charge in [-0.15, -0.1) is 0 Å². The lowest BCUT2D eigenvalue weighted by atomic mass is 10.0. The third-order valence-electron chi connectivity index (χ3n) is 6.54. The van der Waals surface area contributed by atoms with Crippen LogP contribution < -0.4 is 16.0 Å². The second-order valence-electron chi connectivity index (χ2n) is 9.70. The Bertz CT molecular complexity index is 1440. The number of ketones is 1. The number of hydrogen-bond donors (Lipinski definition) is 2. The average Bonchev–Trinajstić information content (AvgIpc) is 3.27. The van der Waals surface area contributed by atoms with Gasteiger partial charge in [-0.25, -0.2) is 9.97 Å². The van der Waals surface area contributed by atoms with Crippen molar-refractivity contribution in [1.29, 1.82) is 0 Å². The van der Waals surface area contributed by atoms with Gasteiger partial charge >= 0.3 is 0 Å². The summed E-state index contributed by atoms with van der Waals surface area (Å²) in [5, 5.41) is 9.07. The van der Waals surface area contributed by atoms with E-state index in [2.05, 4.69) is 40.3 Å². The Balaban J connectivity index is 0.00000205. The molecular formula is C28H38N8O. The lowest BCUT2D eigenvalue weighted by Gasteiger charge is -2.24. The largest absolute Gasteiger partial charge is 0.397 e. The number of nitrogens with two attached hydrogens (primary N) is 1. The summed E-state index contributed by atoms with van der Waals surface area (Å²) in [7, 11) is 8.07. The predicted octanol–water partition coefficient (Wildman–Crippen LogP) is 4.43. The minimum atomic E-state index is 0.128. The molecule has 196 valence electrons. The zero-order valence-corrected chi connectivity index (χ0v) is 22.5. The molecule has 0 bridgehead atoms. The van der Waals surface area contributed by atoms with E-state index in [0.29, 0.717) is 23.8 Å². The summed E-state index contributed by atoms with van der Waals surface area (Å²) in [6, 6.07) is 12.0. The number of nitrogens with one attached hydrogen (secondary N) is 1. The highest BCUT2D eigenvalue weighted by Gasteiger charge is 2.19. The van der Waals surface area contributed by atoms with Gasteiger partial charge in [-0.05, 0) is 44.8 Å². The Labute approximate surface area is 221 Å². The van der Waals surface area contributed by atoms with Gasteiger partial charge in [-0.2, -0.15) is 5.10 Å². The van der Waals surface area contributed by atoms with Crippen LogP contribution in [0.15, 0.2) is 42.6 Å². The van der Waals surface area contributed by atoms with E-state index >= 15 is 0 Å². The number of aryl methyl sites for hydroxylation is 2. The molecule has 0 radical (unpaired) electrons. The number of likely N-dealkylation sites (N-methyl/N-ethyl adjacent to an activating group) is 2. The van der Waals surface area contributed by atoms with Gasteiger partial charge in [0.05, 0.1) is 16.9 Å². The number of carbonyl (C=O) groups excluding carboxylic acids is 1. The zero-order chi connectivity index (χ0) is 28.7. The topological polar surface area (TPSA) is 105 Å². The quantitative estimate of drug-likeness (QED) is 0.304. The molecule has 0 unspecified atom stereocenters. The molecule has 0 aliphatic carbocycles. The second-order valence-corrected chi connectivity index (χ2v) is 9.70. The van der Waals surface area contributed by atoms with E-state index in [4.69, 9.17) is 18.8 Å². The van der Waals surface area contributed by atoms with Crippen LogP contribution in [-0.2, 0) is 18.3 Å². The maximum Gasteiger partial charge on any atom is 0.227 e. The highest BCUT2D eigenvalue weighted by atomic mass is 16.1. The van der Waals surface area contributed by atoms with Gasteiger partial charge in [0.25, 0.3) is 0 Å². The van der Waals surface area contributed by atoms with Crippen LogP contribution in [0.4, 0.5) is 23.0 Å². The highest BCUT2D eigenvalue weighted by molar-refractivity contribution is 5.94. The molecule has 0 amide bonds. The highest BCUT2D eigenvalue weighted by Crippen LogP contribution is 2.33. The lowest BCUT2D eigenvalue weighted by molar-refractivity contribution is -0.118. The first-order chi connectivity index (χ1) is 18.7. The minimum Gasteiger partial charge on any atom is -0.397 e. The van der Waals surface area contributed by atoms with Crippen molar-refractivity contribution in [2.24, 2.45) is 7.05 Å². The van der Waals surface area contributed by atoms with E-state index in [1.807, 2.05) is 63.0 Å². The molecule has 4 aromatic rings. The van der Waals surface area contributed by atoms with Gasteiger partial charge < -0.3 is 20.9 Å². The minimum absolute atomic E-state index is 0.128. The van der Waals surface area contributed by atoms with Gasteiger partial charge in [0.15, 0.2) is 0 Å². The van der Waals surface area contributed by atoms with E-state index < -0.39 is 0 Å². The summed E-state index contributed by atoms with van der Waals surface area (Å²) in [6.45, 7) is 5.70. The first kappa shape index (κ1) is 24.7. The van der Waals surface area contributed by atoms with Crippen LogP contribution in [0.2, 0.25) is 0 Å². The summed E-state index contributed by atoms with van der Waals surface area (Å²) in [4.78, 5) is 26.1. The number of para-hydroxylation sites is 1. The third kappa shape index (κ3) is 5.72. The van der Waals surface area contributed by atoms with Crippen molar-refractivity contribution < 1.29 is 7.76 Å². The molecule has 9 heteroatoms. The number of nitrogens with zero attached hydrogens (tertiary/aromatic N) is 6. The number of Topliss-reactive ketones (excluding diaryl/α,β-unsaturated/α-hetero) is 1. The van der Waals surface area contributed by atoms with E-state index in [-0.39, 0.29) is 12.2 Å². The van der Waals surface area contributed by atoms with Crippen molar-refractivity contribution in [2.45, 2.75) is 26.7 Å². The third-order valence-corrected chi connectivity index (χ3v) is 6.54. The van der Waals surface area contributed by atoms with Crippen molar-refractivity contribution in [1.82, 2.24) is 24.6 Å². The van der Waals surface area contributed by atoms with Crippen molar-refractivity contribution >= 4 is 39.7 Å². The maximum atomic E-state index is 12.3. The second kappa shape index (κ2) is 11.0. The number of carbonyl (C=O) groups is 1. The summed E-state index contributed by atoms with van der Waals surface area (Å²) in [6.07, 6.45) is 2.44. The van der Waals surface area contributed by atoms with Crippen LogP contribution in [0.25, 0.3) is 22.3 Å². The first-order valence-corrected chi connectivity index (χ1v) is 12.5. The molecular weight excluding hydrogens is 464 g/mol. The predicted molar refractivity (Wildman–Crippen MR) is 154 cm³/mol. The number of nitrogen functional groups attached to an aromatic ring is 1. The molecule has 2 heterocycles. The Kier molecular flexibility index (Phi) is 7.32. The molecule has 0 saturated heterocycles. The average molecular weight is 507 g/mol. The van der Waals surface area contributed by atoms with Crippen LogP contribution in [-0.4, -0.2) is 64.7 Å². The molecule has 2 aromatic heterocycles. The van der Waals surface area contributed by atoms with Crippen LogP contribution >= 0.6 is 0 Å². The molecule has 0 spiro atoms. The fraction of sp³-hybridized carbons (Fsp3) is 0.357. The van der Waals surface area contributed by atoms with Gasteiger partial charge in [0, 0.05) is 65.8 Å². The van der Waals surface area contributed by atoms with Crippen LogP contribution in [0.1, 0.15) is 27.4 Å². The molecule has 37 heavy (non-hydrogen) atoms. The Morgan fingerprint density at radius 1 is 1.16 bits per heavy atom. The van der Waals surface area contributed by atoms with Crippen molar-refractivity contribution in [2.75, 3.05) is 50.2 Å². The molecule has 2 aromatic carbocycles. The van der Waals surface area contributed by atoms with Crippen molar-refractivity contribution in [3.8, 4) is 11.4 Å². The molecule has 3 N–H and O–H groups in total. The van der Waals surface area contributed by atoms with Crippen LogP contribution in [0, 0.1) is 6.92 Å². The number of rotatable bonds is 10. The van der Waals surface area contributed by atoms with Gasteiger partial charge in [-0.1, -0.05) is 25.1 Å². The van der Waals surface area contributed by atoms with Crippen molar-refractivity contribution in [3.05, 3.63) is 53.7 Å². The molecule has 0 saturated carbocycles. The smallest absolute Gasteiger partial charge is 0.227 e. The monoisotopic (exact) mass is 506 g/mol. The fourth-order valence-corrected chi connectivity index (χ4v) is 4.29. The first-order valence-electron chi connectivity index (χ1n) is 13.5. The number of fused-ring (bicyclic) bond motifs is 1. The summed E-state index contributed by atoms with van der Waals surface area (Å²) < 4.78 is 11.8. The van der Waals surface area contributed by atoms with E-state index in [0.717, 1.165) is 52.2 Å². The summed E-state index contributed by atoms with van der Waals surface area (Å²) in [5.41, 5.74) is 13.1. The van der Waals surface area contributed by atoms with Gasteiger partial charge in [0.2, 0.25) is 5.95 Å². The Hall–Kier alpha value is -3.98. The normalized spacial score (nSPS) is 11.5. The molecule has 0 fully saturated rings. The van der Waals surface area contributed by atoms with Crippen molar-refractivity contribution in [3.63, 3.8) is 0 Å². The SMILES string of the molecule is CCC(=O)Cc1cnc(Nc2cc(N)c(N(C)CCN(C)C)cc2C)nc1-c1nn(C)c2ccccc12.[3H][3H]. The number of hydrogen-bond acceptors (Lipinski definition) is 8. The fourth-order valence-electron chi connectivity index (χ4n) is 4.29. The molecule has 0 atom stereocenters.